The van der Waals surface area contributed by atoms with E-state index in [1.165, 1.54) is 0 Å². The SMILES string of the molecule is Sc1nc(S)nc(NCCCl)n1. The van der Waals surface area contributed by atoms with Crippen molar-refractivity contribution in [3.63, 3.8) is 0 Å². The van der Waals surface area contributed by atoms with E-state index in [4.69, 9.17) is 11.6 Å². The normalized spacial score (nSPS) is 9.92. The van der Waals surface area contributed by atoms with Gasteiger partial charge in [0.15, 0.2) is 10.3 Å². The average molecular weight is 223 g/mol. The highest BCUT2D eigenvalue weighted by Crippen LogP contribution is 2.06. The molecule has 0 aliphatic rings. The molecule has 66 valence electrons. The van der Waals surface area contributed by atoms with Gasteiger partial charge in [-0.2, -0.15) is 15.0 Å². The molecule has 1 rings (SSSR count). The zero-order chi connectivity index (χ0) is 8.97. The molecule has 0 fully saturated rings. The van der Waals surface area contributed by atoms with Gasteiger partial charge in [-0.1, -0.05) is 0 Å². The summed E-state index contributed by atoms with van der Waals surface area (Å²) in [6.45, 7) is 0.603. The third-order valence-electron chi connectivity index (χ3n) is 0.989. The average Bonchev–Trinajstić information content (AvgIpc) is 1.99. The lowest BCUT2D eigenvalue weighted by Crippen LogP contribution is -2.07. The highest BCUT2D eigenvalue weighted by molar-refractivity contribution is 7.80. The summed E-state index contributed by atoms with van der Waals surface area (Å²) in [5, 5.41) is 3.56. The Morgan fingerprint density at radius 2 is 1.75 bits per heavy atom. The fraction of sp³-hybridized carbons (Fsp3) is 0.400. The molecule has 1 aromatic rings. The van der Waals surface area contributed by atoms with E-state index in [1.54, 1.807) is 0 Å². The summed E-state index contributed by atoms with van der Waals surface area (Å²) in [5.41, 5.74) is 0. The maximum Gasteiger partial charge on any atom is 0.227 e. The second kappa shape index (κ2) is 4.74. The van der Waals surface area contributed by atoms with E-state index >= 15 is 0 Å². The number of hydrogen-bond donors (Lipinski definition) is 3. The first kappa shape index (κ1) is 9.88. The summed E-state index contributed by atoms with van der Waals surface area (Å²) in [7, 11) is 0. The van der Waals surface area contributed by atoms with Gasteiger partial charge in [0.05, 0.1) is 0 Å². The van der Waals surface area contributed by atoms with Crippen LogP contribution in [0.3, 0.4) is 0 Å². The molecule has 0 saturated carbocycles. The topological polar surface area (TPSA) is 50.7 Å². The van der Waals surface area contributed by atoms with Crippen molar-refractivity contribution in [1.29, 1.82) is 0 Å². The number of nitrogens with zero attached hydrogens (tertiary/aromatic N) is 3. The smallest absolute Gasteiger partial charge is 0.227 e. The van der Waals surface area contributed by atoms with Gasteiger partial charge in [0.25, 0.3) is 0 Å². The van der Waals surface area contributed by atoms with Crippen LogP contribution < -0.4 is 5.32 Å². The zero-order valence-corrected chi connectivity index (χ0v) is 8.57. The van der Waals surface area contributed by atoms with Gasteiger partial charge in [0.2, 0.25) is 5.95 Å². The Bertz CT molecular complexity index is 249. The molecule has 0 aliphatic carbocycles. The monoisotopic (exact) mass is 222 g/mol. The van der Waals surface area contributed by atoms with Crippen molar-refractivity contribution >= 4 is 42.8 Å². The van der Waals surface area contributed by atoms with Crippen molar-refractivity contribution in [1.82, 2.24) is 15.0 Å². The molecule has 0 saturated heterocycles. The lowest BCUT2D eigenvalue weighted by Gasteiger charge is -2.01. The molecule has 0 amide bonds. The van der Waals surface area contributed by atoms with Gasteiger partial charge in [0, 0.05) is 12.4 Å². The molecule has 0 atom stereocenters. The van der Waals surface area contributed by atoms with E-state index in [1.807, 2.05) is 0 Å². The van der Waals surface area contributed by atoms with Crippen LogP contribution in [0.4, 0.5) is 5.95 Å². The Labute approximate surface area is 86.0 Å². The van der Waals surface area contributed by atoms with E-state index in [-0.39, 0.29) is 0 Å². The predicted octanol–water partition coefficient (Wildman–Crippen LogP) is 1.10. The van der Waals surface area contributed by atoms with Crippen molar-refractivity contribution in [2.75, 3.05) is 17.7 Å². The number of anilines is 1. The highest BCUT2D eigenvalue weighted by atomic mass is 35.5. The minimum atomic E-state index is 0.340. The Balaban J connectivity index is 2.72. The van der Waals surface area contributed by atoms with Crippen molar-refractivity contribution in [3.05, 3.63) is 0 Å². The molecular formula is C5H7ClN4S2. The van der Waals surface area contributed by atoms with Crippen molar-refractivity contribution in [3.8, 4) is 0 Å². The second-order valence-corrected chi connectivity index (χ2v) is 3.05. The van der Waals surface area contributed by atoms with Gasteiger partial charge in [-0.25, -0.2) is 0 Å². The van der Waals surface area contributed by atoms with Crippen LogP contribution in [0, 0.1) is 0 Å². The Morgan fingerprint density at radius 3 is 2.25 bits per heavy atom. The molecule has 7 heteroatoms. The van der Waals surface area contributed by atoms with E-state index in [0.717, 1.165) is 0 Å². The van der Waals surface area contributed by atoms with E-state index in [9.17, 15) is 0 Å². The predicted molar refractivity (Wildman–Crippen MR) is 53.5 cm³/mol. The second-order valence-electron chi connectivity index (χ2n) is 1.87. The molecule has 12 heavy (non-hydrogen) atoms. The van der Waals surface area contributed by atoms with Crippen molar-refractivity contribution in [2.24, 2.45) is 0 Å². The van der Waals surface area contributed by atoms with Crippen LogP contribution in [-0.4, -0.2) is 27.4 Å². The molecule has 0 spiro atoms. The number of aromatic nitrogens is 3. The maximum absolute atomic E-state index is 5.46. The third kappa shape index (κ3) is 3.04. The van der Waals surface area contributed by atoms with Gasteiger partial charge >= 0.3 is 0 Å². The zero-order valence-electron chi connectivity index (χ0n) is 6.03. The minimum absolute atomic E-state index is 0.340. The first-order valence-electron chi connectivity index (χ1n) is 3.16. The first-order chi connectivity index (χ1) is 5.72. The van der Waals surface area contributed by atoms with Gasteiger partial charge in [-0.05, 0) is 0 Å². The van der Waals surface area contributed by atoms with Crippen LogP contribution in [0.2, 0.25) is 0 Å². The number of hydrogen-bond acceptors (Lipinski definition) is 6. The number of alkyl halides is 1. The van der Waals surface area contributed by atoms with Gasteiger partial charge < -0.3 is 5.32 Å². The Kier molecular flexibility index (Phi) is 3.90. The summed E-state index contributed by atoms with van der Waals surface area (Å²) >= 11 is 13.4. The molecule has 1 aromatic heterocycles. The van der Waals surface area contributed by atoms with E-state index in [0.29, 0.717) is 28.7 Å². The molecule has 0 aromatic carbocycles. The molecule has 1 heterocycles. The summed E-state index contributed by atoms with van der Waals surface area (Å²) in [4.78, 5) is 11.6. The fourth-order valence-electron chi connectivity index (χ4n) is 0.592. The summed E-state index contributed by atoms with van der Waals surface area (Å²) < 4.78 is 0. The van der Waals surface area contributed by atoms with Gasteiger partial charge in [0.1, 0.15) is 0 Å². The molecule has 4 nitrogen and oxygen atoms in total. The standard InChI is InChI=1S/C5H7ClN4S2/c6-1-2-7-3-8-4(11)10-5(12)9-3/h1-2H2,(H3,7,8,9,10,11,12). The molecular weight excluding hydrogens is 216 g/mol. The number of nitrogens with one attached hydrogen (secondary N) is 1. The first-order valence-corrected chi connectivity index (χ1v) is 4.59. The summed E-state index contributed by atoms with van der Waals surface area (Å²) in [6.07, 6.45) is 0. The number of rotatable bonds is 3. The quantitative estimate of drug-likeness (QED) is 0.530. The molecule has 0 radical (unpaired) electrons. The van der Waals surface area contributed by atoms with Crippen LogP contribution in [0.25, 0.3) is 0 Å². The molecule has 1 N–H and O–H groups in total. The van der Waals surface area contributed by atoms with E-state index in [2.05, 4.69) is 45.5 Å². The minimum Gasteiger partial charge on any atom is -0.353 e. The lowest BCUT2D eigenvalue weighted by atomic mass is 10.7. The highest BCUT2D eigenvalue weighted by Gasteiger charge is 1.99. The summed E-state index contributed by atoms with van der Waals surface area (Å²) in [6, 6.07) is 0. The van der Waals surface area contributed by atoms with E-state index < -0.39 is 0 Å². The molecule has 0 aliphatic heterocycles. The fourth-order valence-corrected chi connectivity index (χ4v) is 1.14. The lowest BCUT2D eigenvalue weighted by molar-refractivity contribution is 0.809. The molecule has 0 unspecified atom stereocenters. The van der Waals surface area contributed by atoms with Crippen LogP contribution >= 0.6 is 36.9 Å². The third-order valence-corrected chi connectivity index (χ3v) is 1.58. The van der Waals surface area contributed by atoms with Crippen LogP contribution in [-0.2, 0) is 0 Å². The maximum atomic E-state index is 5.46. The van der Waals surface area contributed by atoms with Crippen molar-refractivity contribution < 1.29 is 0 Å². The van der Waals surface area contributed by atoms with Crippen LogP contribution in [0.1, 0.15) is 0 Å². The van der Waals surface area contributed by atoms with Gasteiger partial charge in [-0.3, -0.25) is 0 Å². The number of halogens is 1. The van der Waals surface area contributed by atoms with Crippen molar-refractivity contribution in [2.45, 2.75) is 10.3 Å². The summed E-state index contributed by atoms with van der Waals surface area (Å²) in [5.74, 6) is 0.941. The largest absolute Gasteiger partial charge is 0.353 e. The number of thiol groups is 2. The van der Waals surface area contributed by atoms with Gasteiger partial charge in [-0.15, -0.1) is 36.9 Å². The Hall–Kier alpha value is -0.200. The molecule has 0 bridgehead atoms. The van der Waals surface area contributed by atoms with Crippen LogP contribution in [0.15, 0.2) is 10.3 Å². The van der Waals surface area contributed by atoms with Crippen LogP contribution in [0.5, 0.6) is 0 Å². The Morgan fingerprint density at radius 1 is 1.17 bits per heavy atom.